The van der Waals surface area contributed by atoms with Crippen molar-refractivity contribution in [3.8, 4) is 23.0 Å². The molecule has 2 N–H and O–H groups in total. The highest BCUT2D eigenvalue weighted by molar-refractivity contribution is 6.01. The number of carbonyl (C=O) groups excluding carboxylic acids is 5. The van der Waals surface area contributed by atoms with E-state index < -0.39 is 28.7 Å². The Labute approximate surface area is 450 Å². The van der Waals surface area contributed by atoms with Crippen LogP contribution in [0.5, 0.6) is 23.0 Å². The molecule has 0 aliphatic carbocycles. The summed E-state index contributed by atoms with van der Waals surface area (Å²) in [7, 11) is 5.95. The number of hydrogen-bond donors (Lipinski definition) is 1. The maximum atomic E-state index is 13.8. The number of rotatable bonds is 25. The highest BCUT2D eigenvalue weighted by atomic mass is 16.7. The van der Waals surface area contributed by atoms with Crippen molar-refractivity contribution in [3.63, 3.8) is 0 Å². The number of nitrogens with zero attached hydrogens (tertiary/aromatic N) is 5. The van der Waals surface area contributed by atoms with Gasteiger partial charge < -0.3 is 53.6 Å². The standard InChI is InChI=1S/C55H72N6O12.C2H6.CH4/c1-36-23-38(3)60(31-36)51(65)43-28-47(68-12)48(29-44(43)58-9)70-34-41-25-39(15-14-21-71-53(4,5)19-22-72-54(6,7)52(66)73-59(10)49(63)16-13-20-62)24-40(26-41)33-69-45-18-17-42(27-46(45)67-11)50(64)61-32-37(2)30-55(61,56)35-57-8;1-2;/h17-18,20,24-29,35,38H,1-2,9,13-16,19,21-23,30-34,56H2,3-8,10-12H3;1-2H3;1H4. The first-order valence-electron chi connectivity index (χ1n) is 25.2. The highest BCUT2D eigenvalue weighted by Crippen LogP contribution is 2.38. The SMILES string of the molecule is C.C=Nc1cc(OCc2cc(CCCOC(C)(C)CCOC(C)(C)C(=O)ON(C)C(=O)CCC=O)cc(COc3ccc(C(=O)N4CC(=C)CC4(N)C=NC)cc3OC)c2)c(OC)cc1C(=O)N1CC(=C)CC1C.CC. The van der Waals surface area contributed by atoms with Crippen molar-refractivity contribution in [2.75, 3.05) is 54.6 Å². The van der Waals surface area contributed by atoms with Gasteiger partial charge in [0.05, 0.1) is 37.7 Å². The zero-order valence-corrected chi connectivity index (χ0v) is 45.9. The van der Waals surface area contributed by atoms with Crippen molar-refractivity contribution in [2.24, 2.45) is 15.7 Å². The van der Waals surface area contributed by atoms with Crippen LogP contribution >= 0.6 is 0 Å². The molecule has 18 nitrogen and oxygen atoms in total. The average molecular weight is 1060 g/mol. The molecule has 3 amide bonds. The molecule has 0 aromatic heterocycles. The van der Waals surface area contributed by atoms with Gasteiger partial charge in [0.2, 0.25) is 0 Å². The third-order valence-corrected chi connectivity index (χ3v) is 12.6. The van der Waals surface area contributed by atoms with Gasteiger partial charge in [-0.2, -0.15) is 5.06 Å². The minimum atomic E-state index is -1.35. The van der Waals surface area contributed by atoms with Crippen molar-refractivity contribution >= 4 is 48.6 Å². The van der Waals surface area contributed by atoms with Crippen LogP contribution in [0, 0.1) is 0 Å². The van der Waals surface area contributed by atoms with Gasteiger partial charge in [-0.1, -0.05) is 57.7 Å². The molecule has 76 heavy (non-hydrogen) atoms. The van der Waals surface area contributed by atoms with Crippen LogP contribution in [-0.2, 0) is 48.3 Å². The number of hydrogen-bond acceptors (Lipinski definition) is 15. The molecule has 0 saturated carbocycles. The second-order valence-electron chi connectivity index (χ2n) is 19.5. The lowest BCUT2D eigenvalue weighted by molar-refractivity contribution is -0.210. The summed E-state index contributed by atoms with van der Waals surface area (Å²) in [5.74, 6) is -0.211. The normalized spacial score (nSPS) is 16.3. The van der Waals surface area contributed by atoms with E-state index in [0.29, 0.717) is 91.5 Å². The summed E-state index contributed by atoms with van der Waals surface area (Å²) in [6.45, 7) is 26.5. The number of hydroxylamine groups is 2. The molecule has 18 heteroatoms. The van der Waals surface area contributed by atoms with Gasteiger partial charge in [-0.25, -0.2) is 4.79 Å². The fourth-order valence-corrected chi connectivity index (χ4v) is 8.54. The monoisotopic (exact) mass is 1050 g/mol. The molecule has 2 heterocycles. The smallest absolute Gasteiger partial charge is 0.363 e. The molecule has 2 aliphatic heterocycles. The van der Waals surface area contributed by atoms with Crippen molar-refractivity contribution in [1.82, 2.24) is 14.9 Å². The van der Waals surface area contributed by atoms with Crippen LogP contribution in [0.3, 0.4) is 0 Å². The Morgan fingerprint density at radius 3 is 2.08 bits per heavy atom. The van der Waals surface area contributed by atoms with Gasteiger partial charge in [-0.05, 0) is 114 Å². The van der Waals surface area contributed by atoms with Crippen molar-refractivity contribution in [3.05, 3.63) is 101 Å². The summed E-state index contributed by atoms with van der Waals surface area (Å²) in [4.78, 5) is 79.9. The summed E-state index contributed by atoms with van der Waals surface area (Å²) in [5, 5.41) is 0.817. The minimum absolute atomic E-state index is 0. The van der Waals surface area contributed by atoms with E-state index in [-0.39, 0.29) is 57.9 Å². The third kappa shape index (κ3) is 17.1. The zero-order valence-electron chi connectivity index (χ0n) is 45.9. The fraction of sp³-hybridized carbons (Fsp3) is 0.500. The Hall–Kier alpha value is -6.89. The number of ether oxygens (including phenoxy) is 6. The number of methoxy groups -OCH3 is 2. The number of carbonyl (C=O) groups is 5. The number of likely N-dealkylation sites (tertiary alicyclic amines) is 2. The van der Waals surface area contributed by atoms with Gasteiger partial charge in [-0.15, -0.1) is 0 Å². The molecule has 3 aromatic rings. The number of benzene rings is 3. The second-order valence-corrected chi connectivity index (χ2v) is 19.5. The molecule has 2 fully saturated rings. The summed E-state index contributed by atoms with van der Waals surface area (Å²) < 4.78 is 36.4. The number of aldehydes is 1. The quantitative estimate of drug-likeness (QED) is 0.0276. The molecular weight excluding hydrogens is 973 g/mol. The molecule has 0 radical (unpaired) electrons. The van der Waals surface area contributed by atoms with Crippen LogP contribution in [-0.4, -0.2) is 135 Å². The topological polar surface area (TPSA) is 210 Å². The van der Waals surface area contributed by atoms with E-state index in [0.717, 1.165) is 39.3 Å². The van der Waals surface area contributed by atoms with E-state index >= 15 is 0 Å². The van der Waals surface area contributed by atoms with E-state index in [1.807, 2.05) is 52.8 Å². The Balaban J connectivity index is 0.00000501. The van der Waals surface area contributed by atoms with Crippen LogP contribution in [0.2, 0.25) is 0 Å². The predicted molar refractivity (Wildman–Crippen MR) is 296 cm³/mol. The highest BCUT2D eigenvalue weighted by Gasteiger charge is 2.41. The van der Waals surface area contributed by atoms with E-state index in [1.165, 1.54) is 21.3 Å². The number of aliphatic imine (C=N–C) groups is 2. The molecule has 3 aromatic carbocycles. The Kier molecular flexibility index (Phi) is 24.1. The fourth-order valence-electron chi connectivity index (χ4n) is 8.54. The lowest BCUT2D eigenvalue weighted by Crippen LogP contribution is -2.55. The Morgan fingerprint density at radius 1 is 0.855 bits per heavy atom. The molecule has 2 unspecified atom stereocenters. The molecule has 2 aliphatic rings. The molecule has 2 saturated heterocycles. The van der Waals surface area contributed by atoms with E-state index in [2.05, 4.69) is 29.9 Å². The molecule has 0 bridgehead atoms. The van der Waals surface area contributed by atoms with Crippen molar-refractivity contribution in [1.29, 1.82) is 0 Å². The van der Waals surface area contributed by atoms with Crippen LogP contribution in [0.4, 0.5) is 5.69 Å². The summed E-state index contributed by atoms with van der Waals surface area (Å²) in [6, 6.07) is 14.4. The number of aryl methyl sites for hydroxylation is 1. The second kappa shape index (κ2) is 28.9. The summed E-state index contributed by atoms with van der Waals surface area (Å²) >= 11 is 0. The summed E-state index contributed by atoms with van der Waals surface area (Å²) in [5.41, 5.74) is 9.07. The first kappa shape index (κ1) is 63.4. The largest absolute Gasteiger partial charge is 0.493 e. The van der Waals surface area contributed by atoms with Gasteiger partial charge >= 0.3 is 5.97 Å². The lowest BCUT2D eigenvalue weighted by Gasteiger charge is -2.31. The third-order valence-electron chi connectivity index (χ3n) is 12.6. The average Bonchev–Trinajstić information content (AvgIpc) is 3.89. The lowest BCUT2D eigenvalue weighted by atomic mass is 10.0. The van der Waals surface area contributed by atoms with Gasteiger partial charge in [-0.3, -0.25) is 24.4 Å². The predicted octanol–water partition coefficient (Wildman–Crippen LogP) is 9.21. The maximum absolute atomic E-state index is 13.8. The minimum Gasteiger partial charge on any atom is -0.493 e. The Morgan fingerprint density at radius 2 is 1.49 bits per heavy atom. The number of amides is 3. The van der Waals surface area contributed by atoms with Crippen LogP contribution in [0.25, 0.3) is 0 Å². The van der Waals surface area contributed by atoms with Crippen LogP contribution < -0.4 is 24.7 Å². The van der Waals surface area contributed by atoms with Gasteiger partial charge in [0.15, 0.2) is 28.6 Å². The molecule has 0 spiro atoms. The van der Waals surface area contributed by atoms with Crippen LogP contribution in [0.1, 0.15) is 132 Å². The molecule has 5 rings (SSSR count). The molecule has 416 valence electrons. The maximum Gasteiger partial charge on any atom is 0.363 e. The van der Waals surface area contributed by atoms with Gasteiger partial charge in [0.25, 0.3) is 17.7 Å². The van der Waals surface area contributed by atoms with Crippen LogP contribution in [0.15, 0.2) is 82.8 Å². The zero-order chi connectivity index (χ0) is 55.7. The molecule has 2 atom stereocenters. The van der Waals surface area contributed by atoms with Crippen molar-refractivity contribution < 1.29 is 57.2 Å². The first-order valence-corrected chi connectivity index (χ1v) is 25.2. The van der Waals surface area contributed by atoms with E-state index in [4.69, 9.17) is 39.0 Å². The Bertz CT molecular complexity index is 2580. The first-order chi connectivity index (χ1) is 35.6. The van der Waals surface area contributed by atoms with Crippen molar-refractivity contribution in [2.45, 2.75) is 137 Å². The van der Waals surface area contributed by atoms with Gasteiger partial charge in [0, 0.05) is 76.9 Å². The van der Waals surface area contributed by atoms with Gasteiger partial charge in [0.1, 0.15) is 25.2 Å². The van der Waals surface area contributed by atoms with E-state index in [9.17, 15) is 24.0 Å². The molecular formula is C58H82N6O12. The summed E-state index contributed by atoms with van der Waals surface area (Å²) in [6.07, 6.45) is 5.01. The number of nitrogens with two attached hydrogens (primary N) is 1. The van der Waals surface area contributed by atoms with E-state index in [1.54, 1.807) is 67.2 Å².